The van der Waals surface area contributed by atoms with Crippen LogP contribution in [0.5, 0.6) is 11.5 Å². The average molecular weight is 315 g/mol. The van der Waals surface area contributed by atoms with Gasteiger partial charge in [0.2, 0.25) is 0 Å². The summed E-state index contributed by atoms with van der Waals surface area (Å²) in [6.07, 6.45) is 0. The molecule has 5 nitrogen and oxygen atoms in total. The van der Waals surface area contributed by atoms with Gasteiger partial charge in [0.1, 0.15) is 11.5 Å². The molecule has 0 aliphatic carbocycles. The molecular weight excluding hydrogens is 294 g/mol. The van der Waals surface area contributed by atoms with Crippen LogP contribution < -0.4 is 9.47 Å². The van der Waals surface area contributed by atoms with Crippen LogP contribution in [0.1, 0.15) is 11.1 Å². The number of aliphatic carboxylic acids is 1. The fourth-order valence-electron chi connectivity index (χ4n) is 2.34. The molecule has 0 aromatic heterocycles. The van der Waals surface area contributed by atoms with Crippen LogP contribution >= 0.6 is 0 Å². The lowest BCUT2D eigenvalue weighted by atomic mass is 10.1. The van der Waals surface area contributed by atoms with E-state index in [2.05, 4.69) is 0 Å². The first-order valence-electron chi connectivity index (χ1n) is 7.30. The van der Waals surface area contributed by atoms with Crippen molar-refractivity contribution in [2.24, 2.45) is 0 Å². The predicted molar refractivity (Wildman–Crippen MR) is 87.7 cm³/mol. The molecule has 0 aliphatic rings. The number of methoxy groups -OCH3 is 2. The van der Waals surface area contributed by atoms with Crippen LogP contribution in [-0.2, 0) is 17.9 Å². The van der Waals surface area contributed by atoms with Crippen LogP contribution in [0, 0.1) is 0 Å². The highest BCUT2D eigenvalue weighted by molar-refractivity contribution is 5.69. The van der Waals surface area contributed by atoms with E-state index in [1.807, 2.05) is 53.4 Å². The lowest BCUT2D eigenvalue weighted by molar-refractivity contribution is -0.138. The van der Waals surface area contributed by atoms with Crippen molar-refractivity contribution in [2.75, 3.05) is 20.8 Å². The van der Waals surface area contributed by atoms with Crippen LogP contribution in [0.3, 0.4) is 0 Å². The van der Waals surface area contributed by atoms with E-state index in [1.54, 1.807) is 14.2 Å². The minimum absolute atomic E-state index is 0.0158. The first-order chi connectivity index (χ1) is 11.1. The summed E-state index contributed by atoms with van der Waals surface area (Å²) in [6, 6.07) is 15.3. The third-order valence-corrected chi connectivity index (χ3v) is 3.49. The molecule has 0 amide bonds. The van der Waals surface area contributed by atoms with Crippen molar-refractivity contribution in [1.82, 2.24) is 4.90 Å². The zero-order valence-electron chi connectivity index (χ0n) is 13.4. The molecule has 0 saturated carbocycles. The van der Waals surface area contributed by atoms with E-state index >= 15 is 0 Å². The number of hydrogen-bond acceptors (Lipinski definition) is 4. The smallest absolute Gasteiger partial charge is 0.317 e. The van der Waals surface area contributed by atoms with Gasteiger partial charge in [-0.2, -0.15) is 0 Å². The number of carboxylic acid groups (broad SMARTS) is 1. The van der Waals surface area contributed by atoms with Gasteiger partial charge in [-0.1, -0.05) is 24.3 Å². The summed E-state index contributed by atoms with van der Waals surface area (Å²) in [5.41, 5.74) is 2.08. The lowest BCUT2D eigenvalue weighted by Crippen LogP contribution is -2.28. The molecule has 2 rings (SSSR count). The van der Waals surface area contributed by atoms with Gasteiger partial charge in [0.05, 0.1) is 20.8 Å². The summed E-state index contributed by atoms with van der Waals surface area (Å²) in [6.45, 7) is 1.10. The van der Waals surface area contributed by atoms with E-state index in [0.29, 0.717) is 13.1 Å². The van der Waals surface area contributed by atoms with Crippen molar-refractivity contribution in [1.29, 1.82) is 0 Å². The molecule has 2 aromatic rings. The number of nitrogens with zero attached hydrogens (tertiary/aromatic N) is 1. The Labute approximate surface area is 136 Å². The van der Waals surface area contributed by atoms with Gasteiger partial charge in [0.15, 0.2) is 0 Å². The second-order valence-corrected chi connectivity index (χ2v) is 5.24. The molecule has 1 N–H and O–H groups in total. The van der Waals surface area contributed by atoms with Crippen LogP contribution in [-0.4, -0.2) is 36.7 Å². The maximum absolute atomic E-state index is 11.1. The number of benzene rings is 2. The third-order valence-electron chi connectivity index (χ3n) is 3.49. The maximum Gasteiger partial charge on any atom is 0.317 e. The average Bonchev–Trinajstić information content (AvgIpc) is 2.55. The molecule has 0 aliphatic heterocycles. The van der Waals surface area contributed by atoms with Crippen molar-refractivity contribution in [3.63, 3.8) is 0 Å². The second kappa shape index (κ2) is 8.19. The van der Waals surface area contributed by atoms with Gasteiger partial charge in [0.25, 0.3) is 0 Å². The first kappa shape index (κ1) is 16.8. The summed E-state index contributed by atoms with van der Waals surface area (Å²) in [5.74, 6) is 0.731. The van der Waals surface area contributed by atoms with Gasteiger partial charge in [0, 0.05) is 13.1 Å². The van der Waals surface area contributed by atoms with Crippen molar-refractivity contribution in [3.8, 4) is 11.5 Å². The number of carbonyl (C=O) groups is 1. The molecule has 0 spiro atoms. The van der Waals surface area contributed by atoms with Crippen molar-refractivity contribution < 1.29 is 19.4 Å². The van der Waals surface area contributed by atoms with Crippen molar-refractivity contribution >= 4 is 5.97 Å². The van der Waals surface area contributed by atoms with Gasteiger partial charge >= 0.3 is 5.97 Å². The highest BCUT2D eigenvalue weighted by atomic mass is 16.5. The van der Waals surface area contributed by atoms with Crippen LogP contribution in [0.4, 0.5) is 0 Å². The zero-order chi connectivity index (χ0) is 16.7. The van der Waals surface area contributed by atoms with Gasteiger partial charge < -0.3 is 14.6 Å². The maximum atomic E-state index is 11.1. The Morgan fingerprint density at radius 3 is 1.57 bits per heavy atom. The van der Waals surface area contributed by atoms with Gasteiger partial charge in [-0.15, -0.1) is 0 Å². The largest absolute Gasteiger partial charge is 0.497 e. The summed E-state index contributed by atoms with van der Waals surface area (Å²) < 4.78 is 10.3. The Morgan fingerprint density at radius 1 is 0.870 bits per heavy atom. The van der Waals surface area contributed by atoms with E-state index in [1.165, 1.54) is 0 Å². The predicted octanol–water partition coefficient (Wildman–Crippen LogP) is 2.79. The summed E-state index contributed by atoms with van der Waals surface area (Å²) in [4.78, 5) is 13.0. The Bertz CT molecular complexity index is 573. The Kier molecular flexibility index (Phi) is 6.00. The molecule has 0 fully saturated rings. The van der Waals surface area contributed by atoms with Gasteiger partial charge in [-0.25, -0.2) is 0 Å². The topological polar surface area (TPSA) is 59.0 Å². The molecular formula is C18H21NO4. The molecule has 122 valence electrons. The van der Waals surface area contributed by atoms with Gasteiger partial charge in [-0.3, -0.25) is 9.69 Å². The highest BCUT2D eigenvalue weighted by Crippen LogP contribution is 2.16. The molecule has 23 heavy (non-hydrogen) atoms. The van der Waals surface area contributed by atoms with Crippen molar-refractivity contribution in [2.45, 2.75) is 13.1 Å². The standard InChI is InChI=1S/C18H21NO4/c1-22-16-7-3-14(4-8-16)11-19(13-18(20)21)12-15-5-9-17(23-2)10-6-15/h3-10H,11-13H2,1-2H3,(H,20,21). The number of ether oxygens (including phenoxy) is 2. The van der Waals surface area contributed by atoms with Crippen molar-refractivity contribution in [3.05, 3.63) is 59.7 Å². The fraction of sp³-hybridized carbons (Fsp3) is 0.278. The summed E-state index contributed by atoms with van der Waals surface area (Å²) in [7, 11) is 3.24. The number of rotatable bonds is 8. The van der Waals surface area contributed by atoms with Crippen LogP contribution in [0.2, 0.25) is 0 Å². The SMILES string of the molecule is COc1ccc(CN(CC(=O)O)Cc2ccc(OC)cc2)cc1. The molecule has 2 aromatic carbocycles. The fourth-order valence-corrected chi connectivity index (χ4v) is 2.34. The summed E-state index contributed by atoms with van der Waals surface area (Å²) in [5, 5.41) is 9.12. The minimum Gasteiger partial charge on any atom is -0.497 e. The van der Waals surface area contributed by atoms with E-state index < -0.39 is 5.97 Å². The molecule has 0 unspecified atom stereocenters. The monoisotopic (exact) mass is 315 g/mol. The molecule has 0 bridgehead atoms. The van der Waals surface area contributed by atoms with Crippen LogP contribution in [0.25, 0.3) is 0 Å². The Balaban J connectivity index is 2.06. The normalized spacial score (nSPS) is 10.6. The van der Waals surface area contributed by atoms with E-state index in [9.17, 15) is 4.79 Å². The highest BCUT2D eigenvalue weighted by Gasteiger charge is 2.11. The quantitative estimate of drug-likeness (QED) is 0.812. The van der Waals surface area contributed by atoms with E-state index in [4.69, 9.17) is 14.6 Å². The van der Waals surface area contributed by atoms with Gasteiger partial charge in [-0.05, 0) is 35.4 Å². The van der Waals surface area contributed by atoms with Crippen LogP contribution in [0.15, 0.2) is 48.5 Å². The zero-order valence-corrected chi connectivity index (χ0v) is 13.4. The Hall–Kier alpha value is -2.53. The number of hydrogen-bond donors (Lipinski definition) is 1. The molecule has 0 saturated heterocycles. The molecule has 0 atom stereocenters. The molecule has 0 radical (unpaired) electrons. The summed E-state index contributed by atoms with van der Waals surface area (Å²) >= 11 is 0. The van der Waals surface area contributed by atoms with E-state index in [-0.39, 0.29) is 6.54 Å². The number of carboxylic acids is 1. The molecule has 0 heterocycles. The molecule has 5 heteroatoms. The first-order valence-corrected chi connectivity index (χ1v) is 7.30. The second-order valence-electron chi connectivity index (χ2n) is 5.24. The third kappa shape index (κ3) is 5.30. The van der Waals surface area contributed by atoms with E-state index in [0.717, 1.165) is 22.6 Å². The minimum atomic E-state index is -0.841. The lowest BCUT2D eigenvalue weighted by Gasteiger charge is -2.20. The Morgan fingerprint density at radius 2 is 1.26 bits per heavy atom.